The van der Waals surface area contributed by atoms with E-state index in [0.717, 1.165) is 6.42 Å². The zero-order valence-corrected chi connectivity index (χ0v) is 6.14. The van der Waals surface area contributed by atoms with Gasteiger partial charge >= 0.3 is 8.09 Å². The van der Waals surface area contributed by atoms with Gasteiger partial charge in [0.1, 0.15) is 6.10 Å². The Labute approximate surface area is 54.6 Å². The third kappa shape index (κ3) is 2.16. The molecule has 0 spiro atoms. The van der Waals surface area contributed by atoms with Crippen molar-refractivity contribution in [3.63, 3.8) is 0 Å². The zero-order valence-electron chi connectivity index (χ0n) is 5.24. The summed E-state index contributed by atoms with van der Waals surface area (Å²) in [5.41, 5.74) is 5.08. The third-order valence-corrected chi connectivity index (χ3v) is 2.32. The Kier molecular flexibility index (Phi) is 2.03. The fraction of sp³-hybridized carbons (Fsp3) is 1.00. The maximum absolute atomic E-state index is 10.8. The lowest BCUT2D eigenvalue weighted by Crippen LogP contribution is -2.32. The first kappa shape index (κ1) is 7.38. The van der Waals surface area contributed by atoms with Crippen LogP contribution in [0, 0.1) is 0 Å². The quantitative estimate of drug-likeness (QED) is 0.487. The molecule has 0 aromatic rings. The molecule has 4 nitrogen and oxygen atoms in total. The molecule has 1 saturated heterocycles. The van der Waals surface area contributed by atoms with Crippen LogP contribution in [0.2, 0.25) is 0 Å². The van der Waals surface area contributed by atoms with Gasteiger partial charge in [0.25, 0.3) is 0 Å². The molecule has 0 aliphatic carbocycles. The molecule has 0 bridgehead atoms. The minimum atomic E-state index is -3.14. The van der Waals surface area contributed by atoms with E-state index in [-0.39, 0.29) is 6.10 Å². The largest absolute Gasteiger partial charge is 0.616 e. The Hall–Kier alpha value is 0.270. The van der Waals surface area contributed by atoms with Crippen molar-refractivity contribution in [2.75, 3.05) is 6.61 Å². The summed E-state index contributed by atoms with van der Waals surface area (Å²) < 4.78 is 9.43. The van der Waals surface area contributed by atoms with Gasteiger partial charge in [0.15, 0.2) is 0 Å². The lowest BCUT2D eigenvalue weighted by Gasteiger charge is -2.29. The van der Waals surface area contributed by atoms with Gasteiger partial charge in [-0.05, 0) is 6.92 Å². The first-order chi connectivity index (χ1) is 4.10. The van der Waals surface area contributed by atoms with E-state index in [1.807, 2.05) is 6.92 Å². The minimum Gasteiger partial charge on any atom is -0.616 e. The highest BCUT2D eigenvalue weighted by molar-refractivity contribution is 7.56. The average Bonchev–Trinajstić information content (AvgIpc) is 1.60. The summed E-state index contributed by atoms with van der Waals surface area (Å²) in [6, 6.07) is 0. The molecule has 1 fully saturated rings. The summed E-state index contributed by atoms with van der Waals surface area (Å²) in [6.07, 6.45) is 0.732. The van der Waals surface area contributed by atoms with E-state index in [2.05, 4.69) is 4.52 Å². The molecule has 1 heterocycles. The third-order valence-electron chi connectivity index (χ3n) is 1.12. The van der Waals surface area contributed by atoms with E-state index >= 15 is 0 Å². The van der Waals surface area contributed by atoms with Crippen LogP contribution >= 0.6 is 8.09 Å². The summed E-state index contributed by atoms with van der Waals surface area (Å²) in [6.45, 7) is 2.26. The van der Waals surface area contributed by atoms with Crippen LogP contribution < -0.4 is 10.4 Å². The van der Waals surface area contributed by atoms with Crippen LogP contribution in [0.15, 0.2) is 0 Å². The van der Waals surface area contributed by atoms with Crippen molar-refractivity contribution < 1.29 is 13.9 Å². The first-order valence-corrected chi connectivity index (χ1v) is 4.43. The Morgan fingerprint density at radius 2 is 2.44 bits per heavy atom. The van der Waals surface area contributed by atoms with Gasteiger partial charge in [-0.1, -0.05) is 0 Å². The summed E-state index contributed by atoms with van der Waals surface area (Å²) >= 11 is 0. The van der Waals surface area contributed by atoms with Crippen molar-refractivity contribution >= 4 is 8.09 Å². The lowest BCUT2D eigenvalue weighted by atomic mass is 10.3. The summed E-state index contributed by atoms with van der Waals surface area (Å²) in [5, 5.41) is 0. The fourth-order valence-corrected chi connectivity index (χ4v) is 1.71. The molecular formula is C4H10NO3P. The molecule has 1 rings (SSSR count). The first-order valence-electron chi connectivity index (χ1n) is 2.82. The minimum absolute atomic E-state index is 0.0328. The molecule has 2 atom stereocenters. The van der Waals surface area contributed by atoms with E-state index in [1.165, 1.54) is 0 Å². The number of hydrogen-bond acceptors (Lipinski definition) is 4. The van der Waals surface area contributed by atoms with Gasteiger partial charge in [-0.25, -0.2) is 0 Å². The monoisotopic (exact) mass is 151 g/mol. The Bertz CT molecular complexity index is 108. The lowest BCUT2D eigenvalue weighted by molar-refractivity contribution is -0.230. The maximum Gasteiger partial charge on any atom is 0.309 e. The predicted molar refractivity (Wildman–Crippen MR) is 32.2 cm³/mol. The second-order valence-corrected chi connectivity index (χ2v) is 3.63. The maximum atomic E-state index is 10.8. The van der Waals surface area contributed by atoms with E-state index in [0.29, 0.717) is 6.61 Å². The van der Waals surface area contributed by atoms with Crippen LogP contribution in [0.5, 0.6) is 0 Å². The Morgan fingerprint density at radius 1 is 1.78 bits per heavy atom. The molecule has 0 amide bonds. The van der Waals surface area contributed by atoms with Gasteiger partial charge in [0.2, 0.25) is 0 Å². The van der Waals surface area contributed by atoms with E-state index in [4.69, 9.17) is 10.0 Å². The van der Waals surface area contributed by atoms with Crippen LogP contribution in [-0.4, -0.2) is 12.7 Å². The molecule has 9 heavy (non-hydrogen) atoms. The van der Waals surface area contributed by atoms with Crippen LogP contribution in [0.3, 0.4) is 0 Å². The number of nitrogens with two attached hydrogens (primary N) is 1. The van der Waals surface area contributed by atoms with Crippen molar-refractivity contribution in [2.24, 2.45) is 5.50 Å². The van der Waals surface area contributed by atoms with Gasteiger partial charge in [0.05, 0.1) is 6.61 Å². The van der Waals surface area contributed by atoms with Gasteiger partial charge in [-0.15, -0.1) is 0 Å². The molecule has 1 aliphatic heterocycles. The molecule has 2 N–H and O–H groups in total. The fourth-order valence-electron chi connectivity index (χ4n) is 0.680. The van der Waals surface area contributed by atoms with Crippen molar-refractivity contribution in [1.29, 1.82) is 0 Å². The zero-order chi connectivity index (χ0) is 6.91. The Balaban J connectivity index is 2.41. The standard InChI is InChI=1S/C4H10NO3P/c1-4-2-3-7-9(5,6)8-4/h4H,2-3H2,1H3,(H2,5,6)/t4-,9?/m0/s1. The van der Waals surface area contributed by atoms with Crippen LogP contribution in [0.1, 0.15) is 13.3 Å². The van der Waals surface area contributed by atoms with Crippen molar-refractivity contribution in [1.82, 2.24) is 0 Å². The van der Waals surface area contributed by atoms with E-state index in [9.17, 15) is 4.89 Å². The van der Waals surface area contributed by atoms with Gasteiger partial charge in [-0.3, -0.25) is 0 Å². The highest BCUT2D eigenvalue weighted by atomic mass is 31.2. The molecule has 0 aromatic carbocycles. The van der Waals surface area contributed by atoms with Gasteiger partial charge < -0.3 is 4.89 Å². The SMILES string of the molecule is C[C@H]1CCO[P+](N)([O-])O1. The van der Waals surface area contributed by atoms with Crippen molar-refractivity contribution in [3.8, 4) is 0 Å². The van der Waals surface area contributed by atoms with Gasteiger partial charge in [0, 0.05) is 6.42 Å². The normalized spacial score (nSPS) is 45.0. The highest BCUT2D eigenvalue weighted by Gasteiger charge is 2.32. The molecule has 0 radical (unpaired) electrons. The molecule has 0 saturated carbocycles. The van der Waals surface area contributed by atoms with Crippen molar-refractivity contribution in [2.45, 2.75) is 19.4 Å². The summed E-state index contributed by atoms with van der Waals surface area (Å²) in [4.78, 5) is 10.8. The molecule has 1 unspecified atom stereocenters. The molecule has 1 aliphatic rings. The summed E-state index contributed by atoms with van der Waals surface area (Å²) in [5.74, 6) is 0. The second kappa shape index (κ2) is 2.48. The average molecular weight is 151 g/mol. The van der Waals surface area contributed by atoms with E-state index < -0.39 is 8.09 Å². The topological polar surface area (TPSA) is 67.5 Å². The van der Waals surface area contributed by atoms with E-state index in [1.54, 1.807) is 0 Å². The smallest absolute Gasteiger partial charge is 0.309 e. The Morgan fingerprint density at radius 3 is 2.78 bits per heavy atom. The predicted octanol–water partition coefficient (Wildman–Crippen LogP) is -0.192. The molecular weight excluding hydrogens is 141 g/mol. The molecule has 54 valence electrons. The van der Waals surface area contributed by atoms with Crippen LogP contribution in [0.25, 0.3) is 0 Å². The van der Waals surface area contributed by atoms with Crippen LogP contribution in [0.4, 0.5) is 0 Å². The van der Waals surface area contributed by atoms with Crippen molar-refractivity contribution in [3.05, 3.63) is 0 Å². The second-order valence-electron chi connectivity index (χ2n) is 2.08. The number of hydrogen-bond donors (Lipinski definition) is 1. The number of rotatable bonds is 0. The molecule has 0 aromatic heterocycles. The summed E-state index contributed by atoms with van der Waals surface area (Å²) in [7, 11) is -3.14. The van der Waals surface area contributed by atoms with Gasteiger partial charge in [-0.2, -0.15) is 14.6 Å². The van der Waals surface area contributed by atoms with Crippen LogP contribution in [-0.2, 0) is 9.05 Å². The molecule has 5 heteroatoms. The highest BCUT2D eigenvalue weighted by Crippen LogP contribution is 2.47.